The van der Waals surface area contributed by atoms with Gasteiger partial charge in [0.25, 0.3) is 0 Å². The number of ether oxygens (including phenoxy) is 3. The molecule has 2 rings (SSSR count). The lowest BCUT2D eigenvalue weighted by Gasteiger charge is -2.20. The van der Waals surface area contributed by atoms with Crippen molar-refractivity contribution >= 4 is 6.09 Å². The second-order valence-electron chi connectivity index (χ2n) is 7.55. The lowest BCUT2D eigenvalue weighted by Crippen LogP contribution is -2.41. The normalized spacial score (nSPS) is 11.1. The molecule has 0 fully saturated rings. The van der Waals surface area contributed by atoms with E-state index in [0.717, 1.165) is 5.56 Å². The predicted molar refractivity (Wildman–Crippen MR) is 110 cm³/mol. The van der Waals surface area contributed by atoms with Crippen LogP contribution in [0.15, 0.2) is 42.5 Å². The van der Waals surface area contributed by atoms with Crippen molar-refractivity contribution in [2.24, 2.45) is 0 Å². The number of carbonyl (C=O) groups is 1. The molecule has 0 aliphatic rings. The molecule has 1 amide bonds. The number of methoxy groups -OCH3 is 1. The van der Waals surface area contributed by atoms with Gasteiger partial charge in [-0.2, -0.15) is 0 Å². The molecule has 0 heterocycles. The molecule has 0 spiro atoms. The summed E-state index contributed by atoms with van der Waals surface area (Å²) in [5.74, 6) is 0.814. The van der Waals surface area contributed by atoms with Crippen molar-refractivity contribution in [3.05, 3.63) is 59.4 Å². The van der Waals surface area contributed by atoms with Crippen molar-refractivity contribution in [3.63, 3.8) is 0 Å². The van der Waals surface area contributed by atoms with Gasteiger partial charge in [-0.05, 0) is 44.5 Å². The van der Waals surface area contributed by atoms with Crippen LogP contribution in [0.2, 0.25) is 0 Å². The van der Waals surface area contributed by atoms with Crippen LogP contribution >= 0.6 is 0 Å². The molecule has 2 aromatic rings. The van der Waals surface area contributed by atoms with Crippen LogP contribution in [-0.4, -0.2) is 31.9 Å². The predicted octanol–water partition coefficient (Wildman–Crippen LogP) is 4.03. The number of hydrogen-bond acceptors (Lipinski definition) is 5. The topological polar surface area (TPSA) is 68.8 Å². The van der Waals surface area contributed by atoms with Crippen LogP contribution in [-0.2, 0) is 17.9 Å². The van der Waals surface area contributed by atoms with Gasteiger partial charge >= 0.3 is 6.09 Å². The maximum absolute atomic E-state index is 13.7. The van der Waals surface area contributed by atoms with Gasteiger partial charge in [-0.3, -0.25) is 0 Å². The van der Waals surface area contributed by atoms with E-state index in [2.05, 4.69) is 10.6 Å². The van der Waals surface area contributed by atoms with E-state index in [0.29, 0.717) is 30.2 Å². The van der Waals surface area contributed by atoms with Crippen molar-refractivity contribution < 1.29 is 23.4 Å². The fraction of sp³-hybridized carbons (Fsp3) is 0.409. The summed E-state index contributed by atoms with van der Waals surface area (Å²) in [5, 5.41) is 5.94. The lowest BCUT2D eigenvalue weighted by atomic mass is 10.1. The van der Waals surface area contributed by atoms with Gasteiger partial charge in [-0.25, -0.2) is 9.18 Å². The van der Waals surface area contributed by atoms with Gasteiger partial charge in [0.2, 0.25) is 0 Å². The quantitative estimate of drug-likeness (QED) is 0.618. The van der Waals surface area contributed by atoms with Crippen molar-refractivity contribution in [1.29, 1.82) is 0 Å². The average molecular weight is 404 g/mol. The minimum atomic E-state index is -0.433. The second kappa shape index (κ2) is 10.7. The van der Waals surface area contributed by atoms with Crippen LogP contribution in [0.1, 0.15) is 31.9 Å². The molecule has 7 heteroatoms. The number of alkyl carbamates (subject to hydrolysis) is 1. The van der Waals surface area contributed by atoms with Crippen LogP contribution in [0.4, 0.5) is 9.18 Å². The number of carbonyl (C=O) groups excluding carboxylic acids is 1. The molecule has 2 N–H and O–H groups in total. The Labute approximate surface area is 171 Å². The number of amides is 1. The first-order chi connectivity index (χ1) is 13.8. The maximum atomic E-state index is 13.7. The lowest BCUT2D eigenvalue weighted by molar-refractivity contribution is 0.138. The van der Waals surface area contributed by atoms with E-state index in [9.17, 15) is 9.18 Å². The Bertz CT molecular complexity index is 806. The number of benzene rings is 2. The third kappa shape index (κ3) is 7.99. The third-order valence-electron chi connectivity index (χ3n) is 3.89. The first kappa shape index (κ1) is 22.5. The highest BCUT2D eigenvalue weighted by Gasteiger charge is 2.14. The van der Waals surface area contributed by atoms with Crippen LogP contribution in [0.5, 0.6) is 11.5 Å². The first-order valence-electron chi connectivity index (χ1n) is 9.47. The molecule has 0 aliphatic heterocycles. The van der Waals surface area contributed by atoms with E-state index in [1.165, 1.54) is 6.07 Å². The Balaban J connectivity index is 1.79. The maximum Gasteiger partial charge on any atom is 0.407 e. The van der Waals surface area contributed by atoms with Gasteiger partial charge in [-0.1, -0.05) is 24.3 Å². The molecular weight excluding hydrogens is 375 g/mol. The molecule has 29 heavy (non-hydrogen) atoms. The molecule has 0 aliphatic carbocycles. The Morgan fingerprint density at radius 1 is 1.10 bits per heavy atom. The third-order valence-corrected chi connectivity index (χ3v) is 3.89. The van der Waals surface area contributed by atoms with Gasteiger partial charge < -0.3 is 24.8 Å². The summed E-state index contributed by atoms with van der Waals surface area (Å²) in [6.45, 7) is 7.16. The zero-order chi connectivity index (χ0) is 21.3. The number of halogens is 1. The highest BCUT2D eigenvalue weighted by Crippen LogP contribution is 2.29. The number of hydrogen-bond donors (Lipinski definition) is 2. The van der Waals surface area contributed by atoms with Gasteiger partial charge in [0.1, 0.15) is 19.0 Å². The van der Waals surface area contributed by atoms with E-state index >= 15 is 0 Å². The minimum absolute atomic E-state index is 0.120. The Morgan fingerprint density at radius 2 is 1.86 bits per heavy atom. The second-order valence-corrected chi connectivity index (χ2v) is 7.55. The van der Waals surface area contributed by atoms with Gasteiger partial charge in [0, 0.05) is 24.2 Å². The first-order valence-corrected chi connectivity index (χ1v) is 9.47. The zero-order valence-electron chi connectivity index (χ0n) is 17.4. The largest absolute Gasteiger partial charge is 0.493 e. The molecule has 0 bridgehead atoms. The van der Waals surface area contributed by atoms with E-state index in [-0.39, 0.29) is 24.6 Å². The SMILES string of the molecule is COc1cc(CNCCOC(=O)NC(C)(C)C)ccc1OCc1ccccc1F. The summed E-state index contributed by atoms with van der Waals surface area (Å²) in [6.07, 6.45) is -0.433. The van der Waals surface area contributed by atoms with E-state index < -0.39 is 6.09 Å². The smallest absolute Gasteiger partial charge is 0.407 e. The molecule has 0 unspecified atom stereocenters. The molecular formula is C22H29FN2O4. The number of rotatable bonds is 9. The molecule has 6 nitrogen and oxygen atoms in total. The zero-order valence-corrected chi connectivity index (χ0v) is 17.4. The Kier molecular flexibility index (Phi) is 8.27. The molecule has 2 aromatic carbocycles. The van der Waals surface area contributed by atoms with Crippen LogP contribution < -0.4 is 20.1 Å². The van der Waals surface area contributed by atoms with Crippen LogP contribution in [0.25, 0.3) is 0 Å². The molecule has 158 valence electrons. The van der Waals surface area contributed by atoms with Crippen molar-refractivity contribution in [2.75, 3.05) is 20.3 Å². The van der Waals surface area contributed by atoms with Crippen molar-refractivity contribution in [2.45, 2.75) is 39.5 Å². The standard InChI is InChI=1S/C22H29FN2O4/c1-22(2,3)25-21(26)28-12-11-24-14-16-9-10-19(20(13-16)27-4)29-15-17-7-5-6-8-18(17)23/h5-10,13,24H,11-12,14-15H2,1-4H3,(H,25,26). The molecule has 0 aromatic heterocycles. The van der Waals surface area contributed by atoms with E-state index in [1.807, 2.05) is 32.9 Å². The summed E-state index contributed by atoms with van der Waals surface area (Å²) in [4.78, 5) is 11.6. The van der Waals surface area contributed by atoms with Gasteiger partial charge in [0.15, 0.2) is 11.5 Å². The van der Waals surface area contributed by atoms with E-state index in [4.69, 9.17) is 14.2 Å². The van der Waals surface area contributed by atoms with Crippen molar-refractivity contribution in [1.82, 2.24) is 10.6 Å². The average Bonchev–Trinajstić information content (AvgIpc) is 2.66. The number of nitrogens with one attached hydrogen (secondary N) is 2. The Morgan fingerprint density at radius 3 is 2.55 bits per heavy atom. The van der Waals surface area contributed by atoms with Crippen molar-refractivity contribution in [3.8, 4) is 11.5 Å². The van der Waals surface area contributed by atoms with Gasteiger partial charge in [-0.15, -0.1) is 0 Å². The minimum Gasteiger partial charge on any atom is -0.493 e. The highest BCUT2D eigenvalue weighted by atomic mass is 19.1. The molecule has 0 radical (unpaired) electrons. The summed E-state index contributed by atoms with van der Waals surface area (Å²) in [6, 6.07) is 12.1. The fourth-order valence-corrected chi connectivity index (χ4v) is 2.50. The fourth-order valence-electron chi connectivity index (χ4n) is 2.50. The molecule has 0 saturated heterocycles. The summed E-state index contributed by atoms with van der Waals surface area (Å²) in [7, 11) is 1.56. The monoisotopic (exact) mass is 404 g/mol. The molecule has 0 atom stereocenters. The molecule has 0 saturated carbocycles. The van der Waals surface area contributed by atoms with Gasteiger partial charge in [0.05, 0.1) is 7.11 Å². The van der Waals surface area contributed by atoms with Crippen LogP contribution in [0.3, 0.4) is 0 Å². The summed E-state index contributed by atoms with van der Waals surface area (Å²) in [5.41, 5.74) is 1.15. The van der Waals surface area contributed by atoms with Crippen LogP contribution in [0, 0.1) is 5.82 Å². The summed E-state index contributed by atoms with van der Waals surface area (Å²) >= 11 is 0. The Hall–Kier alpha value is -2.80. The highest BCUT2D eigenvalue weighted by molar-refractivity contribution is 5.68. The van der Waals surface area contributed by atoms with E-state index in [1.54, 1.807) is 31.4 Å². The summed E-state index contributed by atoms with van der Waals surface area (Å²) < 4.78 is 29.9.